The van der Waals surface area contributed by atoms with E-state index in [1.54, 1.807) is 25.1 Å². The Labute approximate surface area is 123 Å². The zero-order valence-electron chi connectivity index (χ0n) is 11.8. The Kier molecular flexibility index (Phi) is 4.13. The van der Waals surface area contributed by atoms with Crippen LogP contribution in [0.1, 0.15) is 30.9 Å². The number of carboxylic acid groups (broad SMARTS) is 1. The summed E-state index contributed by atoms with van der Waals surface area (Å²) in [4.78, 5) is 24.9. The first-order valence-electron chi connectivity index (χ1n) is 6.75. The number of benzene rings is 1. The molecule has 2 N–H and O–H groups in total. The molecular weight excluding hydrogens is 270 g/mol. The minimum absolute atomic E-state index is 0.264. The van der Waals surface area contributed by atoms with Crippen molar-refractivity contribution in [3.8, 4) is 6.07 Å². The van der Waals surface area contributed by atoms with Gasteiger partial charge in [-0.1, -0.05) is 12.1 Å². The third kappa shape index (κ3) is 2.97. The molecule has 2 rings (SSSR count). The van der Waals surface area contributed by atoms with Crippen LogP contribution >= 0.6 is 0 Å². The van der Waals surface area contributed by atoms with E-state index in [2.05, 4.69) is 5.32 Å². The topological polar surface area (TPSA) is 93.4 Å². The number of rotatable bonds is 3. The minimum Gasteiger partial charge on any atom is -0.480 e. The number of aliphatic carboxylic acids is 1. The fourth-order valence-corrected chi connectivity index (χ4v) is 2.54. The summed E-state index contributed by atoms with van der Waals surface area (Å²) in [5.41, 5.74) is 0.190. The van der Waals surface area contributed by atoms with E-state index >= 15 is 0 Å². The van der Waals surface area contributed by atoms with Crippen LogP contribution in [0.25, 0.3) is 0 Å². The van der Waals surface area contributed by atoms with Crippen LogP contribution in [-0.4, -0.2) is 34.1 Å². The lowest BCUT2D eigenvalue weighted by molar-refractivity contribution is -0.147. The summed E-state index contributed by atoms with van der Waals surface area (Å²) in [5.74, 6) is -0.985. The lowest BCUT2D eigenvalue weighted by atomic mass is 10.00. The maximum absolute atomic E-state index is 12.2. The van der Waals surface area contributed by atoms with Gasteiger partial charge in [-0.3, -0.25) is 0 Å². The van der Waals surface area contributed by atoms with E-state index in [0.717, 1.165) is 5.56 Å². The molecule has 0 spiro atoms. The smallest absolute Gasteiger partial charge is 0.329 e. The molecule has 1 aliphatic heterocycles. The van der Waals surface area contributed by atoms with Crippen LogP contribution in [-0.2, 0) is 11.3 Å². The van der Waals surface area contributed by atoms with Crippen molar-refractivity contribution < 1.29 is 14.7 Å². The van der Waals surface area contributed by atoms with Crippen molar-refractivity contribution in [3.05, 3.63) is 35.4 Å². The molecule has 6 heteroatoms. The van der Waals surface area contributed by atoms with Crippen LogP contribution in [0.2, 0.25) is 0 Å². The van der Waals surface area contributed by atoms with Crippen molar-refractivity contribution in [2.75, 3.05) is 6.54 Å². The van der Waals surface area contributed by atoms with Gasteiger partial charge < -0.3 is 15.3 Å². The Morgan fingerprint density at radius 2 is 2.29 bits per heavy atom. The largest absolute Gasteiger partial charge is 0.480 e. The third-order valence-corrected chi connectivity index (χ3v) is 3.85. The molecule has 0 aliphatic carbocycles. The number of hydrogen-bond donors (Lipinski definition) is 2. The molecule has 1 heterocycles. The molecule has 1 aromatic carbocycles. The van der Waals surface area contributed by atoms with Crippen LogP contribution in [0.4, 0.5) is 4.79 Å². The van der Waals surface area contributed by atoms with Gasteiger partial charge in [-0.05, 0) is 37.5 Å². The summed E-state index contributed by atoms with van der Waals surface area (Å²) in [5, 5.41) is 20.8. The van der Waals surface area contributed by atoms with Gasteiger partial charge in [-0.25, -0.2) is 9.59 Å². The van der Waals surface area contributed by atoms with Gasteiger partial charge in [0.15, 0.2) is 0 Å². The van der Waals surface area contributed by atoms with Crippen molar-refractivity contribution in [2.24, 2.45) is 0 Å². The second kappa shape index (κ2) is 5.83. The zero-order valence-corrected chi connectivity index (χ0v) is 11.8. The first-order valence-corrected chi connectivity index (χ1v) is 6.75. The summed E-state index contributed by atoms with van der Waals surface area (Å²) >= 11 is 0. The average Bonchev–Trinajstić information content (AvgIpc) is 2.88. The summed E-state index contributed by atoms with van der Waals surface area (Å²) in [6, 6.07) is 8.59. The van der Waals surface area contributed by atoms with Gasteiger partial charge in [0.2, 0.25) is 0 Å². The minimum atomic E-state index is -1.14. The molecule has 2 amide bonds. The second-order valence-electron chi connectivity index (χ2n) is 5.31. The fourth-order valence-electron chi connectivity index (χ4n) is 2.54. The van der Waals surface area contributed by atoms with Crippen LogP contribution in [0.5, 0.6) is 0 Å². The number of carbonyl (C=O) groups is 2. The molecule has 0 saturated carbocycles. The van der Waals surface area contributed by atoms with Gasteiger partial charge in [-0.2, -0.15) is 5.26 Å². The molecule has 1 fully saturated rings. The predicted molar refractivity (Wildman–Crippen MR) is 75.4 cm³/mol. The van der Waals surface area contributed by atoms with E-state index in [1.807, 2.05) is 12.1 Å². The summed E-state index contributed by atoms with van der Waals surface area (Å²) in [7, 11) is 0. The van der Waals surface area contributed by atoms with Gasteiger partial charge in [0.1, 0.15) is 5.54 Å². The number of nitrogens with one attached hydrogen (secondary N) is 1. The molecule has 1 saturated heterocycles. The number of amides is 2. The Balaban J connectivity index is 2.02. The number of nitrogens with zero attached hydrogens (tertiary/aromatic N) is 2. The Morgan fingerprint density at radius 3 is 2.95 bits per heavy atom. The summed E-state index contributed by atoms with van der Waals surface area (Å²) < 4.78 is 0. The average molecular weight is 287 g/mol. The molecule has 21 heavy (non-hydrogen) atoms. The molecule has 1 aromatic rings. The van der Waals surface area contributed by atoms with Crippen LogP contribution in [0.3, 0.4) is 0 Å². The van der Waals surface area contributed by atoms with E-state index < -0.39 is 11.5 Å². The van der Waals surface area contributed by atoms with E-state index in [-0.39, 0.29) is 12.6 Å². The van der Waals surface area contributed by atoms with Gasteiger partial charge in [0, 0.05) is 13.1 Å². The zero-order chi connectivity index (χ0) is 15.5. The first kappa shape index (κ1) is 14.9. The van der Waals surface area contributed by atoms with E-state index in [9.17, 15) is 14.7 Å². The molecule has 110 valence electrons. The summed E-state index contributed by atoms with van der Waals surface area (Å²) in [6.45, 7) is 2.27. The van der Waals surface area contributed by atoms with E-state index in [4.69, 9.17) is 5.26 Å². The predicted octanol–water partition coefficient (Wildman–Crippen LogP) is 1.71. The number of carbonyl (C=O) groups excluding carboxylic acids is 1. The maximum atomic E-state index is 12.2. The number of carboxylic acids is 1. The number of nitriles is 1. The fraction of sp³-hybridized carbons (Fsp3) is 0.400. The Hall–Kier alpha value is -2.55. The lowest BCUT2D eigenvalue weighted by Crippen LogP contribution is -2.53. The summed E-state index contributed by atoms with van der Waals surface area (Å²) in [6.07, 6.45) is 1.14. The van der Waals surface area contributed by atoms with Crippen molar-refractivity contribution >= 4 is 12.0 Å². The maximum Gasteiger partial charge on any atom is 0.329 e. The van der Waals surface area contributed by atoms with Crippen molar-refractivity contribution in [1.29, 1.82) is 5.26 Å². The van der Waals surface area contributed by atoms with E-state index in [0.29, 0.717) is 24.9 Å². The monoisotopic (exact) mass is 287 g/mol. The Morgan fingerprint density at radius 1 is 1.52 bits per heavy atom. The van der Waals surface area contributed by atoms with Crippen molar-refractivity contribution in [3.63, 3.8) is 0 Å². The van der Waals surface area contributed by atoms with Gasteiger partial charge in [-0.15, -0.1) is 0 Å². The molecule has 1 aliphatic rings. The van der Waals surface area contributed by atoms with Crippen LogP contribution in [0.15, 0.2) is 24.3 Å². The molecule has 1 unspecified atom stereocenters. The molecule has 6 nitrogen and oxygen atoms in total. The van der Waals surface area contributed by atoms with Crippen LogP contribution in [0, 0.1) is 11.3 Å². The highest BCUT2D eigenvalue weighted by Crippen LogP contribution is 2.29. The molecule has 0 radical (unpaired) electrons. The standard InChI is InChI=1S/C15H17N3O3/c1-15(13(19)20)6-3-7-18(15)14(21)17-10-12-5-2-4-11(8-12)9-16/h2,4-5,8H,3,6-7,10H2,1H3,(H,17,21)(H,19,20). The lowest BCUT2D eigenvalue weighted by Gasteiger charge is -2.31. The van der Waals surface area contributed by atoms with Crippen LogP contribution < -0.4 is 5.32 Å². The number of likely N-dealkylation sites (tertiary alicyclic amines) is 1. The van der Waals surface area contributed by atoms with Gasteiger partial charge in [0.25, 0.3) is 0 Å². The quantitative estimate of drug-likeness (QED) is 0.885. The van der Waals surface area contributed by atoms with E-state index in [1.165, 1.54) is 4.90 Å². The third-order valence-electron chi connectivity index (χ3n) is 3.85. The highest BCUT2D eigenvalue weighted by molar-refractivity contribution is 5.86. The highest BCUT2D eigenvalue weighted by atomic mass is 16.4. The normalized spacial score (nSPS) is 20.9. The van der Waals surface area contributed by atoms with Gasteiger partial charge in [0.05, 0.1) is 11.6 Å². The molecule has 1 atom stereocenters. The van der Waals surface area contributed by atoms with Crippen molar-refractivity contribution in [1.82, 2.24) is 10.2 Å². The molecular formula is C15H17N3O3. The first-order chi connectivity index (χ1) is 9.97. The highest BCUT2D eigenvalue weighted by Gasteiger charge is 2.45. The number of urea groups is 1. The molecule has 0 bridgehead atoms. The Bertz CT molecular complexity index is 608. The van der Waals surface area contributed by atoms with Gasteiger partial charge >= 0.3 is 12.0 Å². The number of hydrogen-bond acceptors (Lipinski definition) is 3. The second-order valence-corrected chi connectivity index (χ2v) is 5.31. The molecule has 0 aromatic heterocycles. The SMILES string of the molecule is CC1(C(=O)O)CCCN1C(=O)NCc1cccc(C#N)c1. The van der Waals surface area contributed by atoms with Crippen molar-refractivity contribution in [2.45, 2.75) is 31.8 Å².